The van der Waals surface area contributed by atoms with Gasteiger partial charge in [-0.3, -0.25) is 0 Å². The third-order valence-electron chi connectivity index (χ3n) is 0.932. The number of halogens is 4. The van der Waals surface area contributed by atoms with Gasteiger partial charge in [-0.05, 0) is 0 Å². The van der Waals surface area contributed by atoms with Crippen LogP contribution in [0.15, 0.2) is 0 Å². The highest BCUT2D eigenvalue weighted by molar-refractivity contribution is 9.09. The van der Waals surface area contributed by atoms with Crippen molar-refractivity contribution in [3.63, 3.8) is 0 Å². The normalized spacial score (nSPS) is 16.4. The minimum absolute atomic E-state index is 0.0363. The summed E-state index contributed by atoms with van der Waals surface area (Å²) in [6.45, 7) is 1.09. The molecular weight excluding hydrogens is 319 g/mol. The Kier molecular flexibility index (Phi) is 9.22. The fourth-order valence-electron chi connectivity index (χ4n) is 0.413. The first kappa shape index (κ1) is 12.5. The van der Waals surface area contributed by atoms with E-state index in [1.165, 1.54) is 0 Å². The number of rotatable bonds is 6. The molecule has 0 aromatic rings. The van der Waals surface area contributed by atoms with Gasteiger partial charge in [0.05, 0.1) is 24.0 Å². The zero-order valence-electron chi connectivity index (χ0n) is 5.90. The molecule has 11 heavy (non-hydrogen) atoms. The first-order chi connectivity index (χ1) is 5.20. The lowest BCUT2D eigenvalue weighted by Crippen LogP contribution is -2.16. The maximum absolute atomic E-state index is 5.77. The SMILES string of the molecule is ClC(CBr)COCC(Cl)CBr. The summed E-state index contributed by atoms with van der Waals surface area (Å²) in [4.78, 5) is 0. The average molecular weight is 329 g/mol. The van der Waals surface area contributed by atoms with Crippen molar-refractivity contribution < 1.29 is 4.74 Å². The quantitative estimate of drug-likeness (QED) is 0.681. The van der Waals surface area contributed by atoms with Gasteiger partial charge in [0, 0.05) is 10.7 Å². The van der Waals surface area contributed by atoms with Crippen molar-refractivity contribution in [3.05, 3.63) is 0 Å². The van der Waals surface area contributed by atoms with Crippen LogP contribution in [0.4, 0.5) is 0 Å². The van der Waals surface area contributed by atoms with Gasteiger partial charge >= 0.3 is 0 Å². The summed E-state index contributed by atoms with van der Waals surface area (Å²) in [6, 6.07) is 0. The Morgan fingerprint density at radius 3 is 1.64 bits per heavy atom. The molecule has 0 rings (SSSR count). The van der Waals surface area contributed by atoms with E-state index in [9.17, 15) is 0 Å². The van der Waals surface area contributed by atoms with Crippen LogP contribution in [0, 0.1) is 0 Å². The van der Waals surface area contributed by atoms with Gasteiger partial charge in [0.25, 0.3) is 0 Å². The molecule has 0 aromatic heterocycles. The van der Waals surface area contributed by atoms with Crippen LogP contribution in [-0.2, 0) is 4.74 Å². The number of hydrogen-bond donors (Lipinski definition) is 0. The zero-order valence-corrected chi connectivity index (χ0v) is 10.6. The Hall–Kier alpha value is 1.50. The number of alkyl halides is 4. The van der Waals surface area contributed by atoms with Crippen LogP contribution in [0.2, 0.25) is 0 Å². The van der Waals surface area contributed by atoms with Crippen LogP contribution in [0.3, 0.4) is 0 Å². The summed E-state index contributed by atoms with van der Waals surface area (Å²) in [5.74, 6) is 0. The van der Waals surface area contributed by atoms with E-state index in [0.717, 1.165) is 10.7 Å². The lowest BCUT2D eigenvalue weighted by Gasteiger charge is -2.08. The Morgan fingerprint density at radius 2 is 1.36 bits per heavy atom. The van der Waals surface area contributed by atoms with E-state index in [-0.39, 0.29) is 10.8 Å². The maximum Gasteiger partial charge on any atom is 0.0666 e. The summed E-state index contributed by atoms with van der Waals surface area (Å²) >= 11 is 18.0. The van der Waals surface area contributed by atoms with Gasteiger partial charge in [-0.1, -0.05) is 31.9 Å². The minimum Gasteiger partial charge on any atom is -0.378 e. The fraction of sp³-hybridized carbons (Fsp3) is 1.00. The van der Waals surface area contributed by atoms with E-state index in [4.69, 9.17) is 27.9 Å². The summed E-state index contributed by atoms with van der Waals surface area (Å²) < 4.78 is 5.22. The average Bonchev–Trinajstić information content (AvgIpc) is 2.04. The number of hydrogen-bond acceptors (Lipinski definition) is 1. The van der Waals surface area contributed by atoms with Crippen LogP contribution in [0.1, 0.15) is 0 Å². The molecule has 0 spiro atoms. The standard InChI is InChI=1S/C6H10Br2Cl2O/c7-1-5(9)3-11-4-6(10)2-8/h5-6H,1-4H2. The second kappa shape index (κ2) is 8.11. The first-order valence-electron chi connectivity index (χ1n) is 3.18. The molecule has 0 aliphatic rings. The van der Waals surface area contributed by atoms with Gasteiger partial charge in [0.1, 0.15) is 0 Å². The van der Waals surface area contributed by atoms with Crippen molar-refractivity contribution in [1.82, 2.24) is 0 Å². The van der Waals surface area contributed by atoms with Crippen LogP contribution in [0.5, 0.6) is 0 Å². The second-order valence-corrected chi connectivity index (χ2v) is 4.57. The molecule has 0 bridgehead atoms. The van der Waals surface area contributed by atoms with Gasteiger partial charge in [-0.15, -0.1) is 23.2 Å². The molecule has 0 N–H and O–H groups in total. The highest BCUT2D eigenvalue weighted by atomic mass is 79.9. The molecule has 0 fully saturated rings. The van der Waals surface area contributed by atoms with E-state index in [1.54, 1.807) is 0 Å². The van der Waals surface area contributed by atoms with E-state index < -0.39 is 0 Å². The van der Waals surface area contributed by atoms with E-state index in [0.29, 0.717) is 13.2 Å². The van der Waals surface area contributed by atoms with Crippen molar-refractivity contribution in [2.75, 3.05) is 23.9 Å². The minimum atomic E-state index is 0.0363. The summed E-state index contributed by atoms with van der Waals surface area (Å²) in [7, 11) is 0. The molecule has 0 radical (unpaired) electrons. The zero-order chi connectivity index (χ0) is 8.69. The van der Waals surface area contributed by atoms with Crippen LogP contribution >= 0.6 is 55.1 Å². The summed E-state index contributed by atoms with van der Waals surface area (Å²) in [5, 5.41) is 1.56. The van der Waals surface area contributed by atoms with Gasteiger partial charge < -0.3 is 4.74 Å². The Bertz CT molecular complexity index is 84.7. The Labute approximate surface area is 94.0 Å². The highest BCUT2D eigenvalue weighted by Crippen LogP contribution is 2.04. The van der Waals surface area contributed by atoms with Crippen LogP contribution < -0.4 is 0 Å². The first-order valence-corrected chi connectivity index (χ1v) is 6.30. The smallest absolute Gasteiger partial charge is 0.0666 e. The monoisotopic (exact) mass is 326 g/mol. The molecule has 68 valence electrons. The lowest BCUT2D eigenvalue weighted by atomic mass is 10.5. The van der Waals surface area contributed by atoms with Crippen molar-refractivity contribution in [1.29, 1.82) is 0 Å². The van der Waals surface area contributed by atoms with Crippen molar-refractivity contribution in [2.24, 2.45) is 0 Å². The Balaban J connectivity index is 3.13. The molecule has 2 atom stereocenters. The molecular formula is C6H10Br2Cl2O. The predicted molar refractivity (Wildman–Crippen MR) is 57.7 cm³/mol. The fourth-order valence-corrected chi connectivity index (χ4v) is 0.965. The molecule has 5 heteroatoms. The van der Waals surface area contributed by atoms with Crippen molar-refractivity contribution in [2.45, 2.75) is 10.8 Å². The molecule has 0 amide bonds. The third kappa shape index (κ3) is 7.85. The summed E-state index contributed by atoms with van der Waals surface area (Å²) in [6.07, 6.45) is 0. The van der Waals surface area contributed by atoms with E-state index in [2.05, 4.69) is 31.9 Å². The summed E-state index contributed by atoms with van der Waals surface area (Å²) in [5.41, 5.74) is 0. The topological polar surface area (TPSA) is 9.23 Å². The molecule has 0 saturated carbocycles. The van der Waals surface area contributed by atoms with Gasteiger partial charge in [-0.25, -0.2) is 0 Å². The molecule has 0 aromatic carbocycles. The molecule has 2 unspecified atom stereocenters. The van der Waals surface area contributed by atoms with E-state index in [1.807, 2.05) is 0 Å². The van der Waals surface area contributed by atoms with Gasteiger partial charge in [-0.2, -0.15) is 0 Å². The molecule has 0 heterocycles. The van der Waals surface area contributed by atoms with Crippen molar-refractivity contribution in [3.8, 4) is 0 Å². The predicted octanol–water partition coefficient (Wildman–Crippen LogP) is 3.01. The Morgan fingerprint density at radius 1 is 1.00 bits per heavy atom. The molecule has 0 aliphatic carbocycles. The van der Waals surface area contributed by atoms with Crippen molar-refractivity contribution >= 4 is 55.1 Å². The molecule has 1 nitrogen and oxygen atoms in total. The lowest BCUT2D eigenvalue weighted by molar-refractivity contribution is 0.141. The third-order valence-corrected chi connectivity index (χ3v) is 3.80. The maximum atomic E-state index is 5.77. The van der Waals surface area contributed by atoms with Crippen LogP contribution in [-0.4, -0.2) is 34.6 Å². The van der Waals surface area contributed by atoms with Gasteiger partial charge in [0.2, 0.25) is 0 Å². The number of ether oxygens (including phenoxy) is 1. The van der Waals surface area contributed by atoms with Crippen LogP contribution in [0.25, 0.3) is 0 Å². The van der Waals surface area contributed by atoms with Gasteiger partial charge in [0.15, 0.2) is 0 Å². The highest BCUT2D eigenvalue weighted by Gasteiger charge is 2.05. The molecule has 0 saturated heterocycles. The second-order valence-electron chi connectivity index (χ2n) is 2.04. The largest absolute Gasteiger partial charge is 0.378 e. The molecule has 0 aliphatic heterocycles. The van der Waals surface area contributed by atoms with E-state index >= 15 is 0 Å².